The van der Waals surface area contributed by atoms with Crippen LogP contribution in [0, 0.1) is 0 Å². The third-order valence-corrected chi connectivity index (χ3v) is 3.82. The second-order valence-electron chi connectivity index (χ2n) is 6.27. The van der Waals surface area contributed by atoms with Gasteiger partial charge in [-0.15, -0.1) is 0 Å². The fourth-order valence-electron chi connectivity index (χ4n) is 2.55. The molecule has 0 bridgehead atoms. The molecule has 8 heteroatoms. The molecule has 0 unspecified atom stereocenters. The van der Waals surface area contributed by atoms with Crippen molar-refractivity contribution in [3.05, 3.63) is 52.7 Å². The number of hydrogen-bond donors (Lipinski definition) is 1. The summed E-state index contributed by atoms with van der Waals surface area (Å²) in [5.41, 5.74) is 1.16. The Kier molecular flexibility index (Phi) is 5.01. The summed E-state index contributed by atoms with van der Waals surface area (Å²) in [5, 5.41) is 7.20. The maximum Gasteiger partial charge on any atom is 0.264 e. The molecule has 0 aliphatic heterocycles. The lowest BCUT2D eigenvalue weighted by atomic mass is 10.2. The summed E-state index contributed by atoms with van der Waals surface area (Å²) in [6.45, 7) is 4.21. The van der Waals surface area contributed by atoms with Gasteiger partial charge in [0.05, 0.1) is 12.3 Å². The van der Waals surface area contributed by atoms with Crippen LogP contribution in [0.15, 0.2) is 41.6 Å². The molecule has 2 aromatic heterocycles. The van der Waals surface area contributed by atoms with Gasteiger partial charge < -0.3 is 10.1 Å². The van der Waals surface area contributed by atoms with Crippen molar-refractivity contribution < 1.29 is 9.53 Å². The van der Waals surface area contributed by atoms with Crippen molar-refractivity contribution in [1.29, 1.82) is 0 Å². The summed E-state index contributed by atoms with van der Waals surface area (Å²) in [6.07, 6.45) is 2.94. The number of aryl methyl sites for hydroxylation is 1. The molecule has 0 aliphatic carbocycles. The number of carbonyl (C=O) groups is 1. The molecule has 2 heterocycles. The molecule has 0 fully saturated rings. The van der Waals surface area contributed by atoms with Crippen molar-refractivity contribution in [2.75, 3.05) is 0 Å². The van der Waals surface area contributed by atoms with E-state index in [-0.39, 0.29) is 24.1 Å². The van der Waals surface area contributed by atoms with E-state index in [0.29, 0.717) is 17.6 Å². The first kappa shape index (κ1) is 17.7. The molecular formula is C18H21N5O3. The Balaban J connectivity index is 1.61. The third kappa shape index (κ3) is 3.90. The molecule has 1 amide bonds. The number of amides is 1. The van der Waals surface area contributed by atoms with Crippen molar-refractivity contribution in [1.82, 2.24) is 24.6 Å². The van der Waals surface area contributed by atoms with Crippen LogP contribution in [0.25, 0.3) is 11.0 Å². The van der Waals surface area contributed by atoms with Crippen molar-refractivity contribution >= 4 is 16.9 Å². The van der Waals surface area contributed by atoms with Crippen molar-refractivity contribution in [2.45, 2.75) is 33.0 Å². The summed E-state index contributed by atoms with van der Waals surface area (Å²) in [6, 6.07) is 7.53. The fraction of sp³-hybridized carbons (Fsp3) is 0.333. The molecule has 1 N–H and O–H groups in total. The van der Waals surface area contributed by atoms with Gasteiger partial charge in [0.1, 0.15) is 24.0 Å². The van der Waals surface area contributed by atoms with Crippen molar-refractivity contribution in [3.8, 4) is 5.75 Å². The minimum absolute atomic E-state index is 0.0921. The molecule has 0 saturated carbocycles. The van der Waals surface area contributed by atoms with Gasteiger partial charge in [0, 0.05) is 13.6 Å². The zero-order valence-electron chi connectivity index (χ0n) is 15.0. The van der Waals surface area contributed by atoms with Gasteiger partial charge in [0.25, 0.3) is 5.56 Å². The smallest absolute Gasteiger partial charge is 0.264 e. The number of carbonyl (C=O) groups excluding carboxylic acids is 1. The van der Waals surface area contributed by atoms with Gasteiger partial charge in [-0.25, -0.2) is 4.98 Å². The number of hydrogen-bond acceptors (Lipinski definition) is 5. The summed E-state index contributed by atoms with van der Waals surface area (Å²) >= 11 is 0. The Morgan fingerprint density at radius 1 is 1.27 bits per heavy atom. The molecule has 136 valence electrons. The maximum absolute atomic E-state index is 12.4. The van der Waals surface area contributed by atoms with E-state index in [2.05, 4.69) is 15.4 Å². The standard InChI is InChI=1S/C18H21N5O3/c1-12(2)26-14-6-4-13(5-7-14)8-19-16(24)10-23-11-20-17-15(18(23)25)9-21-22(17)3/h4-7,9,11-12H,8,10H2,1-3H3,(H,19,24). The van der Waals surface area contributed by atoms with Gasteiger partial charge in [-0.2, -0.15) is 5.10 Å². The largest absolute Gasteiger partial charge is 0.491 e. The normalized spacial score (nSPS) is 11.1. The second kappa shape index (κ2) is 7.38. The minimum Gasteiger partial charge on any atom is -0.491 e. The molecule has 26 heavy (non-hydrogen) atoms. The summed E-state index contributed by atoms with van der Waals surface area (Å²) in [4.78, 5) is 28.7. The zero-order valence-corrected chi connectivity index (χ0v) is 15.0. The molecule has 0 atom stereocenters. The molecular weight excluding hydrogens is 334 g/mol. The number of ether oxygens (including phenoxy) is 1. The van der Waals surface area contributed by atoms with Crippen LogP contribution >= 0.6 is 0 Å². The molecule has 0 saturated heterocycles. The number of aromatic nitrogens is 4. The van der Waals surface area contributed by atoms with Gasteiger partial charge >= 0.3 is 0 Å². The number of benzene rings is 1. The first-order valence-corrected chi connectivity index (χ1v) is 8.33. The Labute approximate surface area is 150 Å². The molecule has 3 aromatic rings. The van der Waals surface area contributed by atoms with E-state index in [1.165, 1.54) is 21.8 Å². The van der Waals surface area contributed by atoms with E-state index in [4.69, 9.17) is 4.74 Å². The average Bonchev–Trinajstić information content (AvgIpc) is 2.98. The molecule has 0 aliphatic rings. The average molecular weight is 355 g/mol. The van der Waals surface area contributed by atoms with E-state index in [1.807, 2.05) is 38.1 Å². The van der Waals surface area contributed by atoms with E-state index in [9.17, 15) is 9.59 Å². The minimum atomic E-state index is -0.284. The molecule has 0 spiro atoms. The highest BCUT2D eigenvalue weighted by molar-refractivity contribution is 5.77. The lowest BCUT2D eigenvalue weighted by Crippen LogP contribution is -2.32. The predicted octanol–water partition coefficient (Wildman–Crippen LogP) is 1.23. The summed E-state index contributed by atoms with van der Waals surface area (Å²) < 4.78 is 8.38. The van der Waals surface area contributed by atoms with E-state index in [1.54, 1.807) is 7.05 Å². The summed E-state index contributed by atoms with van der Waals surface area (Å²) in [5.74, 6) is 0.525. The van der Waals surface area contributed by atoms with Gasteiger partial charge in [0.2, 0.25) is 5.91 Å². The van der Waals surface area contributed by atoms with Crippen LogP contribution in [0.4, 0.5) is 0 Å². The van der Waals surface area contributed by atoms with Crippen molar-refractivity contribution in [3.63, 3.8) is 0 Å². The first-order chi connectivity index (χ1) is 12.4. The van der Waals surface area contributed by atoms with Gasteiger partial charge in [-0.3, -0.25) is 18.8 Å². The van der Waals surface area contributed by atoms with Crippen LogP contribution in [-0.2, 0) is 24.9 Å². The Hall–Kier alpha value is -3.16. The van der Waals surface area contributed by atoms with Crippen LogP contribution in [0.3, 0.4) is 0 Å². The maximum atomic E-state index is 12.4. The van der Waals surface area contributed by atoms with Crippen molar-refractivity contribution in [2.24, 2.45) is 7.05 Å². The Bertz CT molecular complexity index is 973. The Morgan fingerprint density at radius 2 is 2.00 bits per heavy atom. The molecule has 0 radical (unpaired) electrons. The van der Waals surface area contributed by atoms with Crippen LogP contribution in [0.5, 0.6) is 5.75 Å². The molecule has 3 rings (SSSR count). The number of nitrogens with one attached hydrogen (secondary N) is 1. The van der Waals surface area contributed by atoms with Crippen LogP contribution in [0.2, 0.25) is 0 Å². The zero-order chi connectivity index (χ0) is 18.7. The van der Waals surface area contributed by atoms with Crippen LogP contribution < -0.4 is 15.6 Å². The monoisotopic (exact) mass is 355 g/mol. The highest BCUT2D eigenvalue weighted by Crippen LogP contribution is 2.13. The quantitative estimate of drug-likeness (QED) is 0.718. The van der Waals surface area contributed by atoms with Gasteiger partial charge in [-0.05, 0) is 31.5 Å². The second-order valence-corrected chi connectivity index (χ2v) is 6.27. The third-order valence-electron chi connectivity index (χ3n) is 3.82. The number of fused-ring (bicyclic) bond motifs is 1. The first-order valence-electron chi connectivity index (χ1n) is 8.33. The molecule has 1 aromatic carbocycles. The van der Waals surface area contributed by atoms with E-state index in [0.717, 1.165) is 11.3 Å². The number of rotatable bonds is 6. The van der Waals surface area contributed by atoms with Crippen LogP contribution in [-0.4, -0.2) is 31.3 Å². The SMILES string of the molecule is CC(C)Oc1ccc(CNC(=O)Cn2cnc3c(cnn3C)c2=O)cc1. The van der Waals surface area contributed by atoms with E-state index >= 15 is 0 Å². The highest BCUT2D eigenvalue weighted by atomic mass is 16.5. The summed E-state index contributed by atoms with van der Waals surface area (Å²) in [7, 11) is 1.71. The topological polar surface area (TPSA) is 91.0 Å². The number of nitrogens with zero attached hydrogens (tertiary/aromatic N) is 4. The van der Waals surface area contributed by atoms with Gasteiger partial charge in [0.15, 0.2) is 5.65 Å². The highest BCUT2D eigenvalue weighted by Gasteiger charge is 2.10. The van der Waals surface area contributed by atoms with Gasteiger partial charge in [-0.1, -0.05) is 12.1 Å². The fourth-order valence-corrected chi connectivity index (χ4v) is 2.55. The lowest BCUT2D eigenvalue weighted by Gasteiger charge is -2.11. The molecule has 8 nitrogen and oxygen atoms in total. The lowest BCUT2D eigenvalue weighted by molar-refractivity contribution is -0.121. The van der Waals surface area contributed by atoms with E-state index < -0.39 is 0 Å². The predicted molar refractivity (Wildman–Crippen MR) is 96.8 cm³/mol. The Morgan fingerprint density at radius 3 is 2.69 bits per heavy atom. The van der Waals surface area contributed by atoms with Crippen LogP contribution in [0.1, 0.15) is 19.4 Å².